The topological polar surface area (TPSA) is 107 Å². The van der Waals surface area contributed by atoms with E-state index in [2.05, 4.69) is 44.9 Å². The van der Waals surface area contributed by atoms with Crippen molar-refractivity contribution >= 4 is 11.2 Å². The quantitative estimate of drug-likeness (QED) is 0.448. The van der Waals surface area contributed by atoms with Gasteiger partial charge in [0.25, 0.3) is 0 Å². The van der Waals surface area contributed by atoms with Gasteiger partial charge in [-0.25, -0.2) is 24.4 Å². The summed E-state index contributed by atoms with van der Waals surface area (Å²) in [7, 11) is 0. The maximum atomic E-state index is 12.7. The molecular weight excluding hydrogens is 416 g/mol. The van der Waals surface area contributed by atoms with Crippen molar-refractivity contribution in [3.05, 3.63) is 82.1 Å². The summed E-state index contributed by atoms with van der Waals surface area (Å²) in [6, 6.07) is 10.1. The van der Waals surface area contributed by atoms with Crippen molar-refractivity contribution in [3.8, 4) is 17.2 Å². The largest absolute Gasteiger partial charge is 0.328 e. The van der Waals surface area contributed by atoms with Crippen LogP contribution in [0.5, 0.6) is 0 Å². The predicted octanol–water partition coefficient (Wildman–Crippen LogP) is 3.55. The molecule has 0 aliphatic rings. The molecule has 0 aliphatic heterocycles. The highest BCUT2D eigenvalue weighted by atomic mass is 16.1. The first kappa shape index (κ1) is 20.7. The minimum Gasteiger partial charge on any atom is -0.303 e. The van der Waals surface area contributed by atoms with E-state index in [0.717, 1.165) is 22.5 Å². The van der Waals surface area contributed by atoms with Crippen LogP contribution in [-0.4, -0.2) is 39.3 Å². The van der Waals surface area contributed by atoms with Gasteiger partial charge in [0, 0.05) is 11.3 Å². The Bertz CT molecular complexity index is 1510. The third-order valence-corrected chi connectivity index (χ3v) is 5.57. The molecule has 1 aromatic carbocycles. The fourth-order valence-corrected chi connectivity index (χ4v) is 3.99. The smallest absolute Gasteiger partial charge is 0.303 e. The summed E-state index contributed by atoms with van der Waals surface area (Å²) >= 11 is 0. The van der Waals surface area contributed by atoms with Gasteiger partial charge < -0.3 is 4.98 Å². The lowest BCUT2D eigenvalue weighted by atomic mass is 9.97. The van der Waals surface area contributed by atoms with Crippen LogP contribution in [0.25, 0.3) is 28.4 Å². The zero-order chi connectivity index (χ0) is 23.1. The van der Waals surface area contributed by atoms with Crippen molar-refractivity contribution in [2.45, 2.75) is 40.2 Å². The fraction of sp³-hybridized carbons (Fsp3) is 0.250. The van der Waals surface area contributed by atoms with Crippen LogP contribution in [0, 0.1) is 13.8 Å². The summed E-state index contributed by atoms with van der Waals surface area (Å²) in [5.74, 6) is 1.54. The maximum absolute atomic E-state index is 12.7. The van der Waals surface area contributed by atoms with Crippen LogP contribution in [0.1, 0.15) is 42.4 Å². The summed E-state index contributed by atoms with van der Waals surface area (Å²) in [6.45, 7) is 8.42. The van der Waals surface area contributed by atoms with Gasteiger partial charge >= 0.3 is 5.69 Å². The van der Waals surface area contributed by atoms with Gasteiger partial charge in [-0.05, 0) is 31.4 Å². The van der Waals surface area contributed by atoms with E-state index in [1.165, 1.54) is 0 Å². The van der Waals surface area contributed by atoms with Gasteiger partial charge in [0.2, 0.25) is 0 Å². The summed E-state index contributed by atoms with van der Waals surface area (Å²) in [5.41, 5.74) is 5.51. The zero-order valence-corrected chi connectivity index (χ0v) is 18.9. The Labute approximate surface area is 190 Å². The molecule has 1 N–H and O–H groups in total. The van der Waals surface area contributed by atoms with Crippen molar-refractivity contribution in [1.29, 1.82) is 0 Å². The van der Waals surface area contributed by atoms with Gasteiger partial charge in [-0.2, -0.15) is 5.10 Å². The number of aromatic nitrogens is 8. The molecule has 9 nitrogen and oxygen atoms in total. The number of rotatable bonds is 5. The number of H-pyrrole nitrogens is 1. The Morgan fingerprint density at radius 1 is 1.03 bits per heavy atom. The maximum Gasteiger partial charge on any atom is 0.328 e. The molecule has 0 aliphatic carbocycles. The number of nitrogens with one attached hydrogen (secondary N) is 1. The molecule has 0 atom stereocenters. The van der Waals surface area contributed by atoms with E-state index in [1.807, 2.05) is 38.1 Å². The van der Waals surface area contributed by atoms with Gasteiger partial charge in [0.15, 0.2) is 17.3 Å². The molecule has 166 valence electrons. The van der Waals surface area contributed by atoms with E-state index in [9.17, 15) is 4.79 Å². The number of benzene rings is 1. The Balaban J connectivity index is 1.51. The number of aryl methyl sites for hydroxylation is 2. The molecule has 9 heteroatoms. The summed E-state index contributed by atoms with van der Waals surface area (Å²) < 4.78 is 3.31. The average molecular weight is 441 g/mol. The van der Waals surface area contributed by atoms with Crippen molar-refractivity contribution in [2.24, 2.45) is 0 Å². The predicted molar refractivity (Wildman–Crippen MR) is 125 cm³/mol. The van der Waals surface area contributed by atoms with E-state index in [1.54, 1.807) is 27.8 Å². The fourth-order valence-electron chi connectivity index (χ4n) is 3.99. The van der Waals surface area contributed by atoms with Gasteiger partial charge in [0.05, 0.1) is 36.5 Å². The Morgan fingerprint density at radius 3 is 2.55 bits per heavy atom. The van der Waals surface area contributed by atoms with E-state index in [4.69, 9.17) is 4.98 Å². The van der Waals surface area contributed by atoms with Crippen LogP contribution >= 0.6 is 0 Å². The van der Waals surface area contributed by atoms with Crippen LogP contribution in [0.3, 0.4) is 0 Å². The molecule has 0 spiro atoms. The Kier molecular flexibility index (Phi) is 5.08. The van der Waals surface area contributed by atoms with Crippen LogP contribution in [0.15, 0.2) is 53.7 Å². The molecule has 5 aromatic rings. The minimum absolute atomic E-state index is 0.242. The lowest BCUT2D eigenvalue weighted by molar-refractivity contribution is 0.739. The van der Waals surface area contributed by atoms with Crippen molar-refractivity contribution < 1.29 is 0 Å². The molecule has 4 heterocycles. The number of hydrogen-bond donors (Lipinski definition) is 1. The van der Waals surface area contributed by atoms with Crippen molar-refractivity contribution in [2.75, 3.05) is 0 Å². The number of fused-ring (bicyclic) bond motifs is 1. The number of aromatic amines is 1. The first-order valence-electron chi connectivity index (χ1n) is 10.8. The molecule has 0 amide bonds. The summed E-state index contributed by atoms with van der Waals surface area (Å²) in [5, 5.41) is 4.44. The molecule has 4 aromatic heterocycles. The Morgan fingerprint density at radius 2 is 1.85 bits per heavy atom. The second-order valence-electron chi connectivity index (χ2n) is 8.39. The normalized spacial score (nSPS) is 11.5. The molecule has 0 unspecified atom stereocenters. The van der Waals surface area contributed by atoms with Gasteiger partial charge in [-0.1, -0.05) is 38.1 Å². The number of nitrogens with zero attached hydrogens (tertiary/aromatic N) is 7. The van der Waals surface area contributed by atoms with E-state index >= 15 is 0 Å². The number of hydrogen-bond acceptors (Lipinski definition) is 6. The summed E-state index contributed by atoms with van der Waals surface area (Å²) in [6.07, 6.45) is 4.98. The van der Waals surface area contributed by atoms with Gasteiger partial charge in [-0.3, -0.25) is 9.55 Å². The van der Waals surface area contributed by atoms with Crippen LogP contribution in [0.4, 0.5) is 0 Å². The Hall–Kier alpha value is -4.14. The molecule has 33 heavy (non-hydrogen) atoms. The monoisotopic (exact) mass is 440 g/mol. The highest BCUT2D eigenvalue weighted by molar-refractivity contribution is 5.73. The SMILES string of the molecule is Cc1cc(C)n(-c2cnc(Cn3c(=O)[nH]c4cnc(-c5ccccc5C(C)C)nc43)cn2)n1. The third-order valence-electron chi connectivity index (χ3n) is 5.57. The van der Waals surface area contributed by atoms with Crippen molar-refractivity contribution in [1.82, 2.24) is 39.3 Å². The van der Waals surface area contributed by atoms with Gasteiger partial charge in [0.1, 0.15) is 5.52 Å². The highest BCUT2D eigenvalue weighted by Gasteiger charge is 2.15. The molecular formula is C24H24N8O. The molecule has 0 bridgehead atoms. The summed E-state index contributed by atoms with van der Waals surface area (Å²) in [4.78, 5) is 33.8. The van der Waals surface area contributed by atoms with Crippen LogP contribution < -0.4 is 5.69 Å². The van der Waals surface area contributed by atoms with E-state index in [-0.39, 0.29) is 12.2 Å². The molecule has 5 rings (SSSR count). The van der Waals surface area contributed by atoms with Crippen molar-refractivity contribution in [3.63, 3.8) is 0 Å². The molecule has 0 saturated carbocycles. The molecule has 0 radical (unpaired) electrons. The minimum atomic E-state index is -0.266. The van der Waals surface area contributed by atoms with E-state index in [0.29, 0.717) is 34.4 Å². The second kappa shape index (κ2) is 8.09. The lowest BCUT2D eigenvalue weighted by Gasteiger charge is -2.11. The standard InChI is InChI=1S/C24H24N8O/c1-14(2)18-7-5-6-8-19(18)22-27-11-20-23(29-22)31(24(33)28-20)13-17-10-26-21(12-25-17)32-16(4)9-15(3)30-32/h5-12,14H,13H2,1-4H3,(H,28,33). The number of imidazole rings is 1. The lowest BCUT2D eigenvalue weighted by Crippen LogP contribution is -2.18. The molecule has 0 fully saturated rings. The first-order chi connectivity index (χ1) is 15.9. The van der Waals surface area contributed by atoms with Gasteiger partial charge in [-0.15, -0.1) is 0 Å². The molecule has 0 saturated heterocycles. The second-order valence-corrected chi connectivity index (χ2v) is 8.39. The van der Waals surface area contributed by atoms with Crippen LogP contribution in [-0.2, 0) is 6.54 Å². The van der Waals surface area contributed by atoms with Crippen LogP contribution in [0.2, 0.25) is 0 Å². The average Bonchev–Trinajstić information content (AvgIpc) is 3.31. The zero-order valence-electron chi connectivity index (χ0n) is 18.9. The first-order valence-corrected chi connectivity index (χ1v) is 10.8. The van der Waals surface area contributed by atoms with E-state index < -0.39 is 0 Å². The highest BCUT2D eigenvalue weighted by Crippen LogP contribution is 2.27. The third kappa shape index (κ3) is 3.82.